The van der Waals surface area contributed by atoms with E-state index >= 15 is 0 Å². The zero-order valence-corrected chi connectivity index (χ0v) is 16.4. The summed E-state index contributed by atoms with van der Waals surface area (Å²) in [5.41, 5.74) is 4.31. The zero-order valence-electron chi connectivity index (χ0n) is 16.4. The van der Waals surface area contributed by atoms with Crippen molar-refractivity contribution in [2.45, 2.75) is 73.3 Å². The van der Waals surface area contributed by atoms with Crippen molar-refractivity contribution >= 4 is 0 Å². The van der Waals surface area contributed by atoms with Gasteiger partial charge in [0.05, 0.1) is 0 Å². The summed E-state index contributed by atoms with van der Waals surface area (Å²) >= 11 is 0. The summed E-state index contributed by atoms with van der Waals surface area (Å²) in [6.45, 7) is 16.8. The maximum atomic E-state index is 11.1. The Balaban J connectivity index is 1.99. The van der Waals surface area contributed by atoms with E-state index in [-0.39, 0.29) is 0 Å². The maximum absolute atomic E-state index is 11.1. The topological polar surface area (TPSA) is 23.5 Å². The fourth-order valence-corrected chi connectivity index (χ4v) is 5.63. The van der Waals surface area contributed by atoms with Crippen LogP contribution in [0.4, 0.5) is 0 Å². The molecule has 0 amide bonds. The van der Waals surface area contributed by atoms with Crippen molar-refractivity contribution in [2.24, 2.45) is 16.7 Å². The molecule has 134 valence electrons. The molecule has 2 fully saturated rings. The lowest BCUT2D eigenvalue weighted by Crippen LogP contribution is -2.31. The molecule has 3 atom stereocenters. The molecular formula is C22H35NO. The Morgan fingerprint density at radius 3 is 2.33 bits per heavy atom. The Labute approximate surface area is 148 Å². The first kappa shape index (κ1) is 17.8. The molecule has 2 bridgehead atoms. The third-order valence-electron chi connectivity index (χ3n) is 7.82. The standard InChI is InChI=1S/C22H35NO/c1-7-23(8-2)14-16-11-15(3)12-18(20(16)24)19-13-17-9-10-22(19,6)21(17,4)5/h11-12,17,19,24H,7-10,13-14H2,1-6H3. The molecule has 3 rings (SSSR count). The molecule has 2 nitrogen and oxygen atoms in total. The van der Waals surface area contributed by atoms with E-state index in [0.717, 1.165) is 31.1 Å². The fraction of sp³-hybridized carbons (Fsp3) is 0.727. The van der Waals surface area contributed by atoms with E-state index in [2.05, 4.69) is 58.6 Å². The second-order valence-corrected chi connectivity index (χ2v) is 8.99. The molecule has 2 saturated carbocycles. The Kier molecular flexibility index (Phi) is 4.49. The van der Waals surface area contributed by atoms with E-state index < -0.39 is 0 Å². The van der Waals surface area contributed by atoms with E-state index in [1.165, 1.54) is 30.4 Å². The van der Waals surface area contributed by atoms with Crippen LogP contribution >= 0.6 is 0 Å². The second kappa shape index (κ2) is 6.05. The van der Waals surface area contributed by atoms with Crippen molar-refractivity contribution in [3.05, 3.63) is 28.8 Å². The molecule has 0 saturated heterocycles. The highest BCUT2D eigenvalue weighted by Crippen LogP contribution is 2.71. The molecule has 2 heteroatoms. The Hall–Kier alpha value is -1.02. The lowest BCUT2D eigenvalue weighted by atomic mass is 9.64. The van der Waals surface area contributed by atoms with Gasteiger partial charge in [-0.2, -0.15) is 0 Å². The van der Waals surface area contributed by atoms with Crippen LogP contribution in [0, 0.1) is 23.7 Å². The molecule has 1 aromatic carbocycles. The normalized spacial score (nSPS) is 31.1. The van der Waals surface area contributed by atoms with E-state index in [4.69, 9.17) is 0 Å². The molecule has 1 N–H and O–H groups in total. The minimum absolute atomic E-state index is 0.315. The van der Waals surface area contributed by atoms with Crippen molar-refractivity contribution in [1.82, 2.24) is 4.90 Å². The van der Waals surface area contributed by atoms with Crippen molar-refractivity contribution in [3.8, 4) is 5.75 Å². The van der Waals surface area contributed by atoms with Gasteiger partial charge < -0.3 is 5.11 Å². The minimum atomic E-state index is 0.315. The number of hydrogen-bond donors (Lipinski definition) is 1. The van der Waals surface area contributed by atoms with Crippen LogP contribution in [0.3, 0.4) is 0 Å². The third kappa shape index (κ3) is 2.49. The second-order valence-electron chi connectivity index (χ2n) is 8.99. The number of aromatic hydroxyl groups is 1. The number of nitrogens with zero attached hydrogens (tertiary/aromatic N) is 1. The number of rotatable bonds is 5. The smallest absolute Gasteiger partial charge is 0.123 e. The predicted octanol–water partition coefficient (Wildman–Crippen LogP) is 5.47. The molecule has 0 spiro atoms. The molecule has 0 aliphatic heterocycles. The number of aryl methyl sites for hydroxylation is 1. The molecule has 0 heterocycles. The molecule has 2 aliphatic rings. The minimum Gasteiger partial charge on any atom is -0.507 e. The van der Waals surface area contributed by atoms with Gasteiger partial charge in [0.25, 0.3) is 0 Å². The first-order valence-corrected chi connectivity index (χ1v) is 9.79. The van der Waals surface area contributed by atoms with Gasteiger partial charge in [-0.05, 0) is 67.5 Å². The number of benzene rings is 1. The third-order valence-corrected chi connectivity index (χ3v) is 7.82. The lowest BCUT2D eigenvalue weighted by Gasteiger charge is -2.40. The summed E-state index contributed by atoms with van der Waals surface area (Å²) in [6.07, 6.45) is 3.90. The van der Waals surface area contributed by atoms with E-state index in [1.807, 2.05) is 0 Å². The molecule has 24 heavy (non-hydrogen) atoms. The number of fused-ring (bicyclic) bond motifs is 2. The average Bonchev–Trinajstić information content (AvgIpc) is 2.88. The van der Waals surface area contributed by atoms with Gasteiger partial charge in [0.2, 0.25) is 0 Å². The van der Waals surface area contributed by atoms with Crippen LogP contribution in [0.5, 0.6) is 5.75 Å². The van der Waals surface area contributed by atoms with E-state index in [0.29, 0.717) is 22.5 Å². The Morgan fingerprint density at radius 2 is 1.83 bits per heavy atom. The Bertz CT molecular complexity index is 617. The van der Waals surface area contributed by atoms with E-state index in [1.54, 1.807) is 0 Å². The van der Waals surface area contributed by atoms with Gasteiger partial charge >= 0.3 is 0 Å². The van der Waals surface area contributed by atoms with E-state index in [9.17, 15) is 5.11 Å². The number of phenols is 1. The molecule has 0 aromatic heterocycles. The van der Waals surface area contributed by atoms with Crippen LogP contribution in [0.15, 0.2) is 12.1 Å². The fourth-order valence-electron chi connectivity index (χ4n) is 5.63. The quantitative estimate of drug-likeness (QED) is 0.774. The van der Waals surface area contributed by atoms with Crippen LogP contribution in [0.25, 0.3) is 0 Å². The summed E-state index contributed by atoms with van der Waals surface area (Å²) in [6, 6.07) is 4.44. The van der Waals surface area contributed by atoms with Crippen molar-refractivity contribution in [1.29, 1.82) is 0 Å². The first-order chi connectivity index (χ1) is 11.2. The van der Waals surface area contributed by atoms with Crippen LogP contribution in [-0.2, 0) is 6.54 Å². The van der Waals surface area contributed by atoms with Crippen molar-refractivity contribution in [2.75, 3.05) is 13.1 Å². The highest BCUT2D eigenvalue weighted by Gasteiger charge is 2.61. The summed E-state index contributed by atoms with van der Waals surface area (Å²) < 4.78 is 0. The van der Waals surface area contributed by atoms with Gasteiger partial charge in [0.15, 0.2) is 0 Å². The summed E-state index contributed by atoms with van der Waals surface area (Å²) in [5.74, 6) is 1.88. The number of hydrogen-bond acceptors (Lipinski definition) is 2. The summed E-state index contributed by atoms with van der Waals surface area (Å²) in [4.78, 5) is 2.38. The van der Waals surface area contributed by atoms with Gasteiger partial charge in [-0.15, -0.1) is 0 Å². The van der Waals surface area contributed by atoms with Crippen molar-refractivity contribution < 1.29 is 5.11 Å². The number of phenolic OH excluding ortho intramolecular Hbond substituents is 1. The predicted molar refractivity (Wildman–Crippen MR) is 101 cm³/mol. The van der Waals surface area contributed by atoms with Crippen LogP contribution in [0.1, 0.15) is 76.5 Å². The first-order valence-electron chi connectivity index (χ1n) is 9.79. The highest BCUT2D eigenvalue weighted by molar-refractivity contribution is 5.47. The maximum Gasteiger partial charge on any atom is 0.123 e. The average molecular weight is 330 g/mol. The van der Waals surface area contributed by atoms with Crippen molar-refractivity contribution in [3.63, 3.8) is 0 Å². The molecule has 0 radical (unpaired) electrons. The van der Waals surface area contributed by atoms with Gasteiger partial charge in [0.1, 0.15) is 5.75 Å². The molecule has 1 aromatic rings. The summed E-state index contributed by atoms with van der Waals surface area (Å²) in [7, 11) is 0. The van der Waals surface area contributed by atoms with Gasteiger partial charge in [0, 0.05) is 12.1 Å². The monoisotopic (exact) mass is 329 g/mol. The van der Waals surface area contributed by atoms with Gasteiger partial charge in [-0.3, -0.25) is 4.90 Å². The highest BCUT2D eigenvalue weighted by atomic mass is 16.3. The SMILES string of the molecule is CCN(CC)Cc1cc(C)cc(C2CC3CCC2(C)C3(C)C)c1O. The largest absolute Gasteiger partial charge is 0.507 e. The lowest BCUT2D eigenvalue weighted by molar-refractivity contribution is 0.133. The van der Waals surface area contributed by atoms with Crippen LogP contribution < -0.4 is 0 Å². The van der Waals surface area contributed by atoms with Gasteiger partial charge in [-0.1, -0.05) is 52.3 Å². The molecule has 3 unspecified atom stereocenters. The molecular weight excluding hydrogens is 294 g/mol. The molecule has 2 aliphatic carbocycles. The van der Waals surface area contributed by atoms with Gasteiger partial charge in [-0.25, -0.2) is 0 Å². The summed E-state index contributed by atoms with van der Waals surface area (Å²) in [5, 5.41) is 11.1. The Morgan fingerprint density at radius 1 is 1.17 bits per heavy atom. The zero-order chi connectivity index (χ0) is 17.7. The van der Waals surface area contributed by atoms with Crippen LogP contribution in [0.2, 0.25) is 0 Å². The van der Waals surface area contributed by atoms with Crippen LogP contribution in [-0.4, -0.2) is 23.1 Å².